The van der Waals surface area contributed by atoms with Gasteiger partial charge < -0.3 is 14.3 Å². The summed E-state index contributed by atoms with van der Waals surface area (Å²) >= 11 is 0. The molecule has 6 heteroatoms. The minimum Gasteiger partial charge on any atom is -0.372 e. The number of nitrogens with zero attached hydrogens (tertiary/aromatic N) is 4. The number of amides is 1. The van der Waals surface area contributed by atoms with Crippen LogP contribution in [0.4, 0.5) is 5.69 Å². The average Bonchev–Trinajstić information content (AvgIpc) is 3.49. The molecule has 29 heavy (non-hydrogen) atoms. The molecule has 0 N–H and O–H groups in total. The largest absolute Gasteiger partial charge is 0.372 e. The molecule has 1 amide bonds. The standard InChI is InChI=1S/C23H30N4O2/c1-16-10-12-26(13-11-16)19-8-6-17(7-9-19)22-24-23(29-25-22)18-14-21(28)27(15-18)20-4-2-3-5-20/h6-9,16,18,20H,2-5,10-15H2,1H3. The molecule has 3 heterocycles. The van der Waals surface area contributed by atoms with E-state index in [2.05, 4.69) is 51.1 Å². The number of carbonyl (C=O) groups is 1. The maximum absolute atomic E-state index is 12.5. The molecule has 6 nitrogen and oxygen atoms in total. The Bertz CT molecular complexity index is 848. The van der Waals surface area contributed by atoms with Crippen LogP contribution in [0, 0.1) is 5.92 Å². The van der Waals surface area contributed by atoms with Crippen LogP contribution in [0.3, 0.4) is 0 Å². The van der Waals surface area contributed by atoms with Crippen LogP contribution >= 0.6 is 0 Å². The molecule has 0 spiro atoms. The Hall–Kier alpha value is -2.37. The Morgan fingerprint density at radius 3 is 2.48 bits per heavy atom. The van der Waals surface area contributed by atoms with Crippen molar-refractivity contribution in [2.24, 2.45) is 5.92 Å². The van der Waals surface area contributed by atoms with E-state index in [9.17, 15) is 4.79 Å². The lowest BCUT2D eigenvalue weighted by molar-refractivity contribution is -0.129. The summed E-state index contributed by atoms with van der Waals surface area (Å²) in [5.74, 6) is 2.31. The summed E-state index contributed by atoms with van der Waals surface area (Å²) in [5, 5.41) is 4.20. The fourth-order valence-corrected chi connectivity index (χ4v) is 5.07. The quantitative estimate of drug-likeness (QED) is 0.776. The molecule has 3 fully saturated rings. The molecule has 1 aromatic carbocycles. The van der Waals surface area contributed by atoms with E-state index in [-0.39, 0.29) is 11.8 Å². The molecule has 1 atom stereocenters. The maximum Gasteiger partial charge on any atom is 0.232 e. The van der Waals surface area contributed by atoms with Crippen molar-refractivity contribution in [3.63, 3.8) is 0 Å². The first-order valence-corrected chi connectivity index (χ1v) is 11.2. The molecule has 5 rings (SSSR count). The van der Waals surface area contributed by atoms with Gasteiger partial charge in [0.1, 0.15) is 0 Å². The number of hydrogen-bond acceptors (Lipinski definition) is 5. The highest BCUT2D eigenvalue weighted by Gasteiger charge is 2.38. The third-order valence-corrected chi connectivity index (χ3v) is 6.99. The van der Waals surface area contributed by atoms with Crippen molar-refractivity contribution in [2.45, 2.75) is 63.8 Å². The SMILES string of the molecule is CC1CCN(c2ccc(-c3noc(C4CC(=O)N(C5CCCC5)C4)n3)cc2)CC1. The van der Waals surface area contributed by atoms with Crippen LogP contribution in [0.15, 0.2) is 28.8 Å². The molecule has 0 radical (unpaired) electrons. The highest BCUT2D eigenvalue weighted by Crippen LogP contribution is 2.34. The zero-order valence-electron chi connectivity index (χ0n) is 17.2. The van der Waals surface area contributed by atoms with Crippen LogP contribution in [0.25, 0.3) is 11.4 Å². The second-order valence-corrected chi connectivity index (χ2v) is 9.06. The molecule has 154 valence electrons. The van der Waals surface area contributed by atoms with Crippen LogP contribution in [-0.4, -0.2) is 46.6 Å². The summed E-state index contributed by atoms with van der Waals surface area (Å²) in [6, 6.07) is 8.88. The summed E-state index contributed by atoms with van der Waals surface area (Å²) in [6.45, 7) is 5.30. The lowest BCUT2D eigenvalue weighted by Crippen LogP contribution is -2.34. The third-order valence-electron chi connectivity index (χ3n) is 6.99. The van der Waals surface area contributed by atoms with E-state index >= 15 is 0 Å². The van der Waals surface area contributed by atoms with Gasteiger partial charge in [0.15, 0.2) is 0 Å². The number of carbonyl (C=O) groups excluding carboxylic acids is 1. The molecule has 3 aliphatic rings. The first kappa shape index (κ1) is 18.6. The summed E-state index contributed by atoms with van der Waals surface area (Å²) in [5.41, 5.74) is 2.23. The fourth-order valence-electron chi connectivity index (χ4n) is 5.07. The molecule has 2 aromatic rings. The van der Waals surface area contributed by atoms with Crippen LogP contribution in [0.2, 0.25) is 0 Å². The number of hydrogen-bond donors (Lipinski definition) is 0. The van der Waals surface area contributed by atoms with Gasteiger partial charge in [-0.1, -0.05) is 24.9 Å². The molecule has 1 aromatic heterocycles. The van der Waals surface area contributed by atoms with Gasteiger partial charge in [-0.25, -0.2) is 0 Å². The predicted molar refractivity (Wildman–Crippen MR) is 112 cm³/mol. The predicted octanol–water partition coefficient (Wildman–Crippen LogP) is 4.23. The van der Waals surface area contributed by atoms with E-state index in [0.717, 1.165) is 44.0 Å². The van der Waals surface area contributed by atoms with Crippen LogP contribution in [0.5, 0.6) is 0 Å². The molecular weight excluding hydrogens is 364 g/mol. The first-order valence-electron chi connectivity index (χ1n) is 11.2. The number of anilines is 1. The number of benzene rings is 1. The van der Waals surface area contributed by atoms with E-state index in [1.165, 1.54) is 31.4 Å². The van der Waals surface area contributed by atoms with Crippen molar-refractivity contribution in [1.82, 2.24) is 15.0 Å². The number of rotatable bonds is 4. The van der Waals surface area contributed by atoms with Crippen molar-refractivity contribution >= 4 is 11.6 Å². The van der Waals surface area contributed by atoms with E-state index in [1.807, 2.05) is 0 Å². The van der Waals surface area contributed by atoms with E-state index in [4.69, 9.17) is 4.52 Å². The Morgan fingerprint density at radius 1 is 1.03 bits per heavy atom. The highest BCUT2D eigenvalue weighted by atomic mass is 16.5. The van der Waals surface area contributed by atoms with E-state index in [0.29, 0.717) is 24.2 Å². The summed E-state index contributed by atoms with van der Waals surface area (Å²) in [4.78, 5) is 21.6. The Morgan fingerprint density at radius 2 is 1.76 bits per heavy atom. The number of aromatic nitrogens is 2. The van der Waals surface area contributed by atoms with Gasteiger partial charge in [-0.05, 0) is 55.9 Å². The molecular formula is C23H30N4O2. The topological polar surface area (TPSA) is 62.5 Å². The van der Waals surface area contributed by atoms with Gasteiger partial charge in [0.05, 0.1) is 5.92 Å². The second-order valence-electron chi connectivity index (χ2n) is 9.06. The normalized spacial score (nSPS) is 24.0. The Kier molecular flexibility index (Phi) is 5.02. The Balaban J connectivity index is 1.26. The van der Waals surface area contributed by atoms with E-state index < -0.39 is 0 Å². The molecule has 2 aliphatic heterocycles. The van der Waals surface area contributed by atoms with Gasteiger partial charge in [0, 0.05) is 43.3 Å². The molecule has 1 saturated carbocycles. The lowest BCUT2D eigenvalue weighted by atomic mass is 9.98. The van der Waals surface area contributed by atoms with Gasteiger partial charge in [-0.3, -0.25) is 4.79 Å². The van der Waals surface area contributed by atoms with Crippen molar-refractivity contribution in [1.29, 1.82) is 0 Å². The van der Waals surface area contributed by atoms with Gasteiger partial charge in [0.2, 0.25) is 17.6 Å². The lowest BCUT2D eigenvalue weighted by Gasteiger charge is -2.32. The van der Waals surface area contributed by atoms with Crippen LogP contribution in [0.1, 0.15) is 63.7 Å². The summed E-state index contributed by atoms with van der Waals surface area (Å²) < 4.78 is 5.57. The maximum atomic E-state index is 12.5. The molecule has 1 aliphatic carbocycles. The van der Waals surface area contributed by atoms with Crippen LogP contribution < -0.4 is 4.90 Å². The van der Waals surface area contributed by atoms with Crippen molar-refractivity contribution < 1.29 is 9.32 Å². The zero-order valence-corrected chi connectivity index (χ0v) is 17.2. The van der Waals surface area contributed by atoms with Gasteiger partial charge in [0.25, 0.3) is 0 Å². The first-order chi connectivity index (χ1) is 14.2. The zero-order chi connectivity index (χ0) is 19.8. The third kappa shape index (κ3) is 3.77. The minimum absolute atomic E-state index is 0.0268. The van der Waals surface area contributed by atoms with E-state index in [1.54, 1.807) is 0 Å². The second kappa shape index (κ2) is 7.81. The fraction of sp³-hybridized carbons (Fsp3) is 0.609. The van der Waals surface area contributed by atoms with Crippen molar-refractivity contribution in [3.8, 4) is 11.4 Å². The summed E-state index contributed by atoms with van der Waals surface area (Å²) in [7, 11) is 0. The average molecular weight is 395 g/mol. The minimum atomic E-state index is 0.0268. The van der Waals surface area contributed by atoms with Gasteiger partial charge >= 0.3 is 0 Å². The molecule has 1 unspecified atom stereocenters. The highest BCUT2D eigenvalue weighted by molar-refractivity contribution is 5.80. The number of likely N-dealkylation sites (tertiary alicyclic amines) is 1. The van der Waals surface area contributed by atoms with Crippen molar-refractivity contribution in [2.75, 3.05) is 24.5 Å². The smallest absolute Gasteiger partial charge is 0.232 e. The molecule has 2 saturated heterocycles. The summed E-state index contributed by atoms with van der Waals surface area (Å²) in [6.07, 6.45) is 7.74. The Labute approximate surface area is 172 Å². The van der Waals surface area contributed by atoms with Crippen LogP contribution in [-0.2, 0) is 4.79 Å². The molecule has 0 bridgehead atoms. The van der Waals surface area contributed by atoms with Gasteiger partial charge in [-0.15, -0.1) is 0 Å². The van der Waals surface area contributed by atoms with Crippen molar-refractivity contribution in [3.05, 3.63) is 30.2 Å². The van der Waals surface area contributed by atoms with Gasteiger partial charge in [-0.2, -0.15) is 4.98 Å². The monoisotopic (exact) mass is 394 g/mol. The number of piperidine rings is 1.